The van der Waals surface area contributed by atoms with Gasteiger partial charge >= 0.3 is 0 Å². The first-order chi connectivity index (χ1) is 9.54. The van der Waals surface area contributed by atoms with Crippen molar-refractivity contribution in [1.82, 2.24) is 0 Å². The maximum Gasteiger partial charge on any atom is 0.237 e. The monoisotopic (exact) mass is 275 g/mol. The van der Waals surface area contributed by atoms with Crippen molar-refractivity contribution in [3.8, 4) is 5.75 Å². The summed E-state index contributed by atoms with van der Waals surface area (Å²) >= 11 is 0. The maximum absolute atomic E-state index is 12.5. The Morgan fingerprint density at radius 1 is 1.40 bits per heavy atom. The van der Waals surface area contributed by atoms with Gasteiger partial charge in [0.05, 0.1) is 13.0 Å². The van der Waals surface area contributed by atoms with E-state index in [9.17, 15) is 9.59 Å². The molecule has 0 aromatic heterocycles. The number of benzene rings is 1. The van der Waals surface area contributed by atoms with Gasteiger partial charge < -0.3 is 9.64 Å². The number of rotatable bonds is 4. The van der Waals surface area contributed by atoms with Crippen molar-refractivity contribution in [2.24, 2.45) is 11.8 Å². The smallest absolute Gasteiger partial charge is 0.237 e. The Morgan fingerprint density at radius 2 is 2.15 bits per heavy atom. The van der Waals surface area contributed by atoms with Crippen LogP contribution < -0.4 is 9.64 Å². The molecule has 108 valence electrons. The minimum Gasteiger partial charge on any atom is -0.497 e. The van der Waals surface area contributed by atoms with E-state index in [-0.39, 0.29) is 17.6 Å². The number of nitrogens with zero attached hydrogens (tertiary/aromatic N) is 1. The number of methoxy groups -OCH3 is 1. The zero-order valence-corrected chi connectivity index (χ0v) is 12.3. The lowest BCUT2D eigenvalue weighted by atomic mass is 9.87. The van der Waals surface area contributed by atoms with E-state index in [0.29, 0.717) is 18.7 Å². The Balaban J connectivity index is 2.23. The summed E-state index contributed by atoms with van der Waals surface area (Å²) in [7, 11) is 1.60. The molecule has 1 aliphatic rings. The average Bonchev–Trinajstić information content (AvgIpc) is 2.46. The quantitative estimate of drug-likeness (QED) is 0.794. The summed E-state index contributed by atoms with van der Waals surface area (Å²) in [5, 5.41) is 0. The number of hydrogen-bond acceptors (Lipinski definition) is 3. The highest BCUT2D eigenvalue weighted by atomic mass is 16.5. The lowest BCUT2D eigenvalue weighted by Crippen LogP contribution is -2.45. The number of amides is 1. The molecular formula is C16H21NO3. The molecule has 0 aliphatic carbocycles. The van der Waals surface area contributed by atoms with Crippen LogP contribution in [0.2, 0.25) is 0 Å². The van der Waals surface area contributed by atoms with Crippen molar-refractivity contribution in [3.05, 3.63) is 24.3 Å². The van der Waals surface area contributed by atoms with E-state index >= 15 is 0 Å². The van der Waals surface area contributed by atoms with Gasteiger partial charge in [-0.1, -0.05) is 19.9 Å². The van der Waals surface area contributed by atoms with Crippen LogP contribution in [0.4, 0.5) is 5.69 Å². The summed E-state index contributed by atoms with van der Waals surface area (Å²) in [5.41, 5.74) is 0.801. The molecule has 0 spiro atoms. The molecule has 20 heavy (non-hydrogen) atoms. The minimum atomic E-state index is -0.491. The van der Waals surface area contributed by atoms with Gasteiger partial charge in [-0.05, 0) is 25.0 Å². The average molecular weight is 275 g/mol. The van der Waals surface area contributed by atoms with Gasteiger partial charge in [0, 0.05) is 24.2 Å². The Bertz CT molecular complexity index is 510. The van der Waals surface area contributed by atoms with Crippen LogP contribution in [0.25, 0.3) is 0 Å². The summed E-state index contributed by atoms with van der Waals surface area (Å²) in [6.45, 7) is 4.36. The third-order valence-corrected chi connectivity index (χ3v) is 3.72. The minimum absolute atomic E-state index is 0.0441. The van der Waals surface area contributed by atoms with Crippen molar-refractivity contribution >= 4 is 17.4 Å². The standard InChI is InChI=1S/C16H21NO3/c1-11(2)15(18)14-8-5-9-17(16(14)19)12-6-4-7-13(10-12)20-3/h4,6-7,10-11,14H,5,8-9H2,1-3H3/t14-/m1/s1. The number of Topliss-reactive ketones (excluding diaryl/α,β-unsaturated/α-hetero) is 1. The number of anilines is 1. The number of piperidine rings is 1. The highest BCUT2D eigenvalue weighted by molar-refractivity contribution is 6.09. The molecule has 0 radical (unpaired) electrons. The van der Waals surface area contributed by atoms with E-state index in [1.807, 2.05) is 38.1 Å². The second kappa shape index (κ2) is 6.07. The van der Waals surface area contributed by atoms with Crippen LogP contribution in [0, 0.1) is 11.8 Å². The Kier molecular flexibility index (Phi) is 4.42. The second-order valence-corrected chi connectivity index (χ2v) is 5.44. The van der Waals surface area contributed by atoms with Gasteiger partial charge in [-0.3, -0.25) is 9.59 Å². The summed E-state index contributed by atoms with van der Waals surface area (Å²) in [6, 6.07) is 7.41. The highest BCUT2D eigenvalue weighted by Gasteiger charge is 2.35. The van der Waals surface area contributed by atoms with E-state index in [1.165, 1.54) is 0 Å². The fraction of sp³-hybridized carbons (Fsp3) is 0.500. The third-order valence-electron chi connectivity index (χ3n) is 3.72. The summed E-state index contributed by atoms with van der Waals surface area (Å²) in [5.74, 6) is 0.0857. The molecule has 2 rings (SSSR count). The van der Waals surface area contributed by atoms with Gasteiger partial charge in [-0.15, -0.1) is 0 Å². The van der Waals surface area contributed by atoms with E-state index < -0.39 is 5.92 Å². The zero-order valence-electron chi connectivity index (χ0n) is 12.3. The highest BCUT2D eigenvalue weighted by Crippen LogP contribution is 2.28. The molecule has 0 bridgehead atoms. The van der Waals surface area contributed by atoms with Crippen molar-refractivity contribution < 1.29 is 14.3 Å². The molecule has 1 aromatic carbocycles. The normalized spacial score (nSPS) is 19.3. The van der Waals surface area contributed by atoms with Crippen molar-refractivity contribution in [1.29, 1.82) is 0 Å². The number of ketones is 1. The van der Waals surface area contributed by atoms with Gasteiger partial charge in [0.1, 0.15) is 11.5 Å². The Labute approximate surface area is 119 Å². The Morgan fingerprint density at radius 3 is 2.80 bits per heavy atom. The predicted octanol–water partition coefficient (Wildman–Crippen LogP) is 2.66. The predicted molar refractivity (Wildman–Crippen MR) is 77.9 cm³/mol. The number of hydrogen-bond donors (Lipinski definition) is 0. The van der Waals surface area contributed by atoms with Crippen molar-refractivity contribution in [2.45, 2.75) is 26.7 Å². The molecule has 4 heteroatoms. The molecule has 1 saturated heterocycles. The van der Waals surface area contributed by atoms with Crippen LogP contribution in [0.3, 0.4) is 0 Å². The maximum atomic E-state index is 12.5. The second-order valence-electron chi connectivity index (χ2n) is 5.44. The topological polar surface area (TPSA) is 46.6 Å². The van der Waals surface area contributed by atoms with Crippen molar-refractivity contribution in [3.63, 3.8) is 0 Å². The first kappa shape index (κ1) is 14.6. The zero-order chi connectivity index (χ0) is 14.7. The van der Waals surface area contributed by atoms with Gasteiger partial charge in [-0.2, -0.15) is 0 Å². The molecule has 0 unspecified atom stereocenters. The van der Waals surface area contributed by atoms with Gasteiger partial charge in [0.25, 0.3) is 0 Å². The molecule has 1 aromatic rings. The van der Waals surface area contributed by atoms with Crippen LogP contribution >= 0.6 is 0 Å². The molecular weight excluding hydrogens is 254 g/mol. The summed E-state index contributed by atoms with van der Waals surface area (Å²) in [6.07, 6.45) is 1.52. The SMILES string of the molecule is COc1cccc(N2CCC[C@H](C(=O)C(C)C)C2=O)c1. The largest absolute Gasteiger partial charge is 0.497 e. The van der Waals surface area contributed by atoms with Gasteiger partial charge in [-0.25, -0.2) is 0 Å². The van der Waals surface area contributed by atoms with E-state index in [4.69, 9.17) is 4.74 Å². The third kappa shape index (κ3) is 2.84. The summed E-state index contributed by atoms with van der Waals surface area (Å²) in [4.78, 5) is 26.4. The van der Waals surface area contributed by atoms with Crippen LogP contribution in [-0.4, -0.2) is 25.3 Å². The van der Waals surface area contributed by atoms with E-state index in [1.54, 1.807) is 12.0 Å². The molecule has 0 saturated carbocycles. The molecule has 1 atom stereocenters. The van der Waals surface area contributed by atoms with Gasteiger partial charge in [0.2, 0.25) is 5.91 Å². The number of carbonyl (C=O) groups is 2. The van der Waals surface area contributed by atoms with Gasteiger partial charge in [0.15, 0.2) is 0 Å². The number of ether oxygens (including phenoxy) is 1. The molecule has 1 fully saturated rings. The molecule has 1 amide bonds. The van der Waals surface area contributed by atoms with Crippen molar-refractivity contribution in [2.75, 3.05) is 18.6 Å². The Hall–Kier alpha value is -1.84. The molecule has 0 N–H and O–H groups in total. The summed E-state index contributed by atoms with van der Waals surface area (Å²) < 4.78 is 5.19. The van der Waals surface area contributed by atoms with Crippen LogP contribution in [0.15, 0.2) is 24.3 Å². The lowest BCUT2D eigenvalue weighted by molar-refractivity contribution is -0.135. The van der Waals surface area contributed by atoms with Crippen LogP contribution in [-0.2, 0) is 9.59 Å². The van der Waals surface area contributed by atoms with Crippen LogP contribution in [0.1, 0.15) is 26.7 Å². The number of carbonyl (C=O) groups excluding carboxylic acids is 2. The fourth-order valence-corrected chi connectivity index (χ4v) is 2.58. The van der Waals surface area contributed by atoms with E-state index in [0.717, 1.165) is 12.1 Å². The molecule has 1 aliphatic heterocycles. The first-order valence-corrected chi connectivity index (χ1v) is 7.03. The fourth-order valence-electron chi connectivity index (χ4n) is 2.58. The molecule has 1 heterocycles. The lowest BCUT2D eigenvalue weighted by Gasteiger charge is -2.32. The van der Waals surface area contributed by atoms with E-state index in [2.05, 4.69) is 0 Å². The molecule has 4 nitrogen and oxygen atoms in total. The van der Waals surface area contributed by atoms with Crippen LogP contribution in [0.5, 0.6) is 5.75 Å². The first-order valence-electron chi connectivity index (χ1n) is 7.03.